The van der Waals surface area contributed by atoms with Gasteiger partial charge < -0.3 is 10.8 Å². The van der Waals surface area contributed by atoms with Crippen molar-refractivity contribution in [2.24, 2.45) is 11.1 Å². The van der Waals surface area contributed by atoms with Crippen LogP contribution in [-0.2, 0) is 9.59 Å². The number of carbonyl (C=O) groups excluding carboxylic acids is 1. The van der Waals surface area contributed by atoms with E-state index in [4.69, 9.17) is 10.8 Å². The van der Waals surface area contributed by atoms with Crippen LogP contribution in [0, 0.1) is 5.41 Å². The summed E-state index contributed by atoms with van der Waals surface area (Å²) in [7, 11) is 1.66. The maximum atomic E-state index is 10.7. The van der Waals surface area contributed by atoms with Crippen molar-refractivity contribution >= 4 is 11.9 Å². The zero-order valence-electron chi connectivity index (χ0n) is 8.20. The molecule has 0 aromatic carbocycles. The average Bonchev–Trinajstić information content (AvgIpc) is 1.82. The summed E-state index contributed by atoms with van der Waals surface area (Å²) in [5.41, 5.74) is 4.10. The van der Waals surface area contributed by atoms with Crippen molar-refractivity contribution in [2.45, 2.75) is 13.8 Å². The van der Waals surface area contributed by atoms with Crippen molar-refractivity contribution in [3.05, 3.63) is 0 Å². The normalized spacial score (nSPS) is 11.7. The summed E-state index contributed by atoms with van der Waals surface area (Å²) in [6, 6.07) is 0. The van der Waals surface area contributed by atoms with Crippen LogP contribution in [0.15, 0.2) is 0 Å². The molecule has 0 aliphatic heterocycles. The van der Waals surface area contributed by atoms with Crippen molar-refractivity contribution in [2.75, 3.05) is 20.1 Å². The molecule has 0 rings (SSSR count). The first-order valence-electron chi connectivity index (χ1n) is 3.96. The fourth-order valence-electron chi connectivity index (χ4n) is 1.06. The van der Waals surface area contributed by atoms with E-state index in [0.717, 1.165) is 0 Å². The fraction of sp³-hybridized carbons (Fsp3) is 0.750. The Morgan fingerprint density at radius 3 is 2.23 bits per heavy atom. The van der Waals surface area contributed by atoms with Crippen molar-refractivity contribution in [3.8, 4) is 0 Å². The second-order valence-corrected chi connectivity index (χ2v) is 3.83. The summed E-state index contributed by atoms with van der Waals surface area (Å²) in [5, 5.41) is 8.78. The van der Waals surface area contributed by atoms with Gasteiger partial charge in [-0.2, -0.15) is 0 Å². The average molecular weight is 188 g/mol. The van der Waals surface area contributed by atoms with E-state index in [9.17, 15) is 9.59 Å². The maximum absolute atomic E-state index is 10.7. The molecule has 0 aliphatic carbocycles. The Morgan fingerprint density at radius 1 is 1.46 bits per heavy atom. The summed E-state index contributed by atoms with van der Waals surface area (Å²) >= 11 is 0. The highest BCUT2D eigenvalue weighted by atomic mass is 16.4. The van der Waals surface area contributed by atoms with Gasteiger partial charge >= 0.3 is 5.97 Å². The highest BCUT2D eigenvalue weighted by Gasteiger charge is 2.28. The molecule has 1 amide bonds. The largest absolute Gasteiger partial charge is 0.481 e. The van der Waals surface area contributed by atoms with Gasteiger partial charge in [-0.1, -0.05) is 0 Å². The van der Waals surface area contributed by atoms with Crippen LogP contribution in [0.4, 0.5) is 0 Å². The van der Waals surface area contributed by atoms with Crippen molar-refractivity contribution < 1.29 is 14.7 Å². The first kappa shape index (κ1) is 11.9. The predicted octanol–water partition coefficient (Wildman–Crippen LogP) is -0.486. The van der Waals surface area contributed by atoms with Crippen molar-refractivity contribution in [1.82, 2.24) is 4.90 Å². The zero-order valence-corrected chi connectivity index (χ0v) is 8.20. The topological polar surface area (TPSA) is 83.6 Å². The molecular formula is C8H16N2O3. The van der Waals surface area contributed by atoms with Crippen LogP contribution in [0.2, 0.25) is 0 Å². The highest BCUT2D eigenvalue weighted by Crippen LogP contribution is 2.15. The number of primary amides is 1. The molecule has 0 heterocycles. The van der Waals surface area contributed by atoms with E-state index < -0.39 is 17.3 Å². The molecule has 0 aromatic heterocycles. The molecule has 0 saturated heterocycles. The van der Waals surface area contributed by atoms with Crippen LogP contribution in [-0.4, -0.2) is 42.0 Å². The summed E-state index contributed by atoms with van der Waals surface area (Å²) in [6.07, 6.45) is 0. The highest BCUT2D eigenvalue weighted by molar-refractivity contribution is 5.76. The van der Waals surface area contributed by atoms with Gasteiger partial charge in [-0.25, -0.2) is 0 Å². The number of carboxylic acids is 1. The Labute approximate surface area is 77.5 Å². The summed E-state index contributed by atoms with van der Waals surface area (Å²) in [5.74, 6) is -1.34. The zero-order chi connectivity index (χ0) is 10.6. The molecule has 0 saturated carbocycles. The third-order valence-corrected chi connectivity index (χ3v) is 1.67. The quantitative estimate of drug-likeness (QED) is 0.610. The number of carbonyl (C=O) groups is 2. The van der Waals surface area contributed by atoms with Gasteiger partial charge in [0.25, 0.3) is 0 Å². The van der Waals surface area contributed by atoms with E-state index in [1.165, 1.54) is 0 Å². The molecule has 0 aliphatic rings. The van der Waals surface area contributed by atoms with Gasteiger partial charge in [-0.15, -0.1) is 0 Å². The first-order valence-corrected chi connectivity index (χ1v) is 3.96. The molecule has 13 heavy (non-hydrogen) atoms. The van der Waals surface area contributed by atoms with Gasteiger partial charge in [0.05, 0.1) is 12.0 Å². The Balaban J connectivity index is 4.11. The molecule has 0 bridgehead atoms. The van der Waals surface area contributed by atoms with E-state index in [1.54, 1.807) is 25.8 Å². The summed E-state index contributed by atoms with van der Waals surface area (Å²) < 4.78 is 0. The lowest BCUT2D eigenvalue weighted by atomic mass is 9.93. The van der Waals surface area contributed by atoms with E-state index >= 15 is 0 Å². The van der Waals surface area contributed by atoms with Gasteiger partial charge in [-0.3, -0.25) is 14.5 Å². The number of likely N-dealkylation sites (N-methyl/N-ethyl adjacent to an activating group) is 1. The smallest absolute Gasteiger partial charge is 0.310 e. The van der Waals surface area contributed by atoms with Crippen molar-refractivity contribution in [3.63, 3.8) is 0 Å². The second-order valence-electron chi connectivity index (χ2n) is 3.83. The number of nitrogens with two attached hydrogens (primary N) is 1. The van der Waals surface area contributed by atoms with Gasteiger partial charge in [-0.05, 0) is 20.9 Å². The van der Waals surface area contributed by atoms with Gasteiger partial charge in [0.2, 0.25) is 5.91 Å². The molecule has 0 aromatic rings. The Morgan fingerprint density at radius 2 is 1.92 bits per heavy atom. The van der Waals surface area contributed by atoms with E-state index in [-0.39, 0.29) is 6.54 Å². The third-order valence-electron chi connectivity index (χ3n) is 1.67. The van der Waals surface area contributed by atoms with Crippen molar-refractivity contribution in [1.29, 1.82) is 0 Å². The number of carboxylic acid groups (broad SMARTS) is 1. The van der Waals surface area contributed by atoms with Crippen LogP contribution >= 0.6 is 0 Å². The lowest BCUT2D eigenvalue weighted by molar-refractivity contribution is -0.148. The molecular weight excluding hydrogens is 172 g/mol. The van der Waals surface area contributed by atoms with Crippen LogP contribution in [0.5, 0.6) is 0 Å². The van der Waals surface area contributed by atoms with E-state index in [0.29, 0.717) is 6.54 Å². The minimum Gasteiger partial charge on any atom is -0.481 e. The Bertz CT molecular complexity index is 213. The third kappa shape index (κ3) is 4.47. The summed E-state index contributed by atoms with van der Waals surface area (Å²) in [6.45, 7) is 3.58. The molecule has 0 spiro atoms. The van der Waals surface area contributed by atoms with Crippen LogP contribution in [0.3, 0.4) is 0 Å². The Kier molecular flexibility index (Phi) is 3.87. The maximum Gasteiger partial charge on any atom is 0.310 e. The number of rotatable bonds is 5. The molecule has 5 nitrogen and oxygen atoms in total. The van der Waals surface area contributed by atoms with Gasteiger partial charge in [0, 0.05) is 6.54 Å². The SMILES string of the molecule is CN(CC(N)=O)CC(C)(C)C(=O)O. The molecule has 76 valence electrons. The number of aliphatic carboxylic acids is 1. The molecule has 0 atom stereocenters. The van der Waals surface area contributed by atoms with Gasteiger partial charge in [0.1, 0.15) is 0 Å². The van der Waals surface area contributed by atoms with Crippen LogP contribution < -0.4 is 5.73 Å². The molecule has 0 radical (unpaired) electrons. The minimum absolute atomic E-state index is 0.0801. The fourth-order valence-corrected chi connectivity index (χ4v) is 1.06. The molecule has 5 heteroatoms. The Hall–Kier alpha value is -1.10. The molecule has 0 unspecified atom stereocenters. The summed E-state index contributed by atoms with van der Waals surface area (Å²) in [4.78, 5) is 22.8. The lowest BCUT2D eigenvalue weighted by Gasteiger charge is -2.25. The van der Waals surface area contributed by atoms with E-state index in [2.05, 4.69) is 0 Å². The number of amides is 1. The number of hydrogen-bond donors (Lipinski definition) is 2. The minimum atomic E-state index is -0.885. The predicted molar refractivity (Wildman–Crippen MR) is 48.1 cm³/mol. The second kappa shape index (κ2) is 4.23. The number of nitrogens with zero attached hydrogens (tertiary/aromatic N) is 1. The standard InChI is InChI=1S/C8H16N2O3/c1-8(2,7(12)13)5-10(3)4-6(9)11/h4-5H2,1-3H3,(H2,9,11)(H,12,13). The van der Waals surface area contributed by atoms with E-state index in [1.807, 2.05) is 0 Å². The monoisotopic (exact) mass is 188 g/mol. The van der Waals surface area contributed by atoms with Gasteiger partial charge in [0.15, 0.2) is 0 Å². The lowest BCUT2D eigenvalue weighted by Crippen LogP contribution is -2.40. The number of hydrogen-bond acceptors (Lipinski definition) is 3. The molecule has 0 fully saturated rings. The van der Waals surface area contributed by atoms with Crippen LogP contribution in [0.1, 0.15) is 13.8 Å². The first-order chi connectivity index (χ1) is 5.75. The van der Waals surface area contributed by atoms with Crippen LogP contribution in [0.25, 0.3) is 0 Å². The molecule has 3 N–H and O–H groups in total.